The van der Waals surface area contributed by atoms with Crippen molar-refractivity contribution in [3.63, 3.8) is 0 Å². The Morgan fingerprint density at radius 3 is 2.33 bits per heavy atom. The maximum Gasteiger partial charge on any atom is -0.0899 e. The van der Waals surface area contributed by atoms with Gasteiger partial charge in [0.05, 0.1) is 0 Å². The summed E-state index contributed by atoms with van der Waals surface area (Å²) in [4.78, 5) is 0. The van der Waals surface area contributed by atoms with Crippen LogP contribution in [0.4, 0.5) is 0 Å². The summed E-state index contributed by atoms with van der Waals surface area (Å²) >= 11 is 0. The molecule has 0 amide bonds. The molecule has 1 unspecified atom stereocenters. The molecule has 56 valence electrons. The zero-order valence-electron chi connectivity index (χ0n) is 7.07. The Bertz CT molecular complexity index is 55.1. The van der Waals surface area contributed by atoms with Crippen molar-refractivity contribution in [2.45, 2.75) is 40.5 Å². The summed E-state index contributed by atoms with van der Waals surface area (Å²) in [7, 11) is 0. The Morgan fingerprint density at radius 1 is 1.44 bits per heavy atom. The second-order valence-electron chi connectivity index (χ2n) is 3.06. The molecule has 0 fully saturated rings. The van der Waals surface area contributed by atoms with Crippen molar-refractivity contribution in [3.8, 4) is 0 Å². The molecule has 0 aliphatic rings. The molecule has 0 heteroatoms. The molecule has 0 nitrogen and oxygen atoms in total. The van der Waals surface area contributed by atoms with Crippen molar-refractivity contribution in [1.29, 1.82) is 0 Å². The van der Waals surface area contributed by atoms with Gasteiger partial charge < -0.3 is 12.3 Å². The Balaban J connectivity index is 3.06. The number of hydrogen-bond acceptors (Lipinski definition) is 0. The van der Waals surface area contributed by atoms with Gasteiger partial charge in [-0.15, -0.1) is 6.42 Å². The molecule has 0 saturated heterocycles. The lowest BCUT2D eigenvalue weighted by atomic mass is 9.98. The van der Waals surface area contributed by atoms with E-state index in [0.29, 0.717) is 0 Å². The topological polar surface area (TPSA) is 0 Å². The van der Waals surface area contributed by atoms with Crippen molar-refractivity contribution >= 4 is 0 Å². The van der Waals surface area contributed by atoms with E-state index in [2.05, 4.69) is 34.1 Å². The van der Waals surface area contributed by atoms with Crippen molar-refractivity contribution in [1.82, 2.24) is 0 Å². The monoisotopic (exact) mass is 126 g/mol. The molecule has 0 aromatic heterocycles. The molecule has 0 radical (unpaired) electrons. The quantitative estimate of drug-likeness (QED) is 0.507. The summed E-state index contributed by atoms with van der Waals surface area (Å²) in [6.45, 7) is 8.80. The van der Waals surface area contributed by atoms with Gasteiger partial charge in [-0.05, 0) is 0 Å². The van der Waals surface area contributed by atoms with Crippen LogP contribution in [0, 0.1) is 18.3 Å². The second kappa shape index (κ2) is 4.84. The third kappa shape index (κ3) is 5.88. The van der Waals surface area contributed by atoms with E-state index in [-0.39, 0.29) is 0 Å². The molecule has 0 spiro atoms. The fourth-order valence-electron chi connectivity index (χ4n) is 0.683. The van der Waals surface area contributed by atoms with Gasteiger partial charge in [0.1, 0.15) is 0 Å². The smallest absolute Gasteiger partial charge is 0.0899 e. The third-order valence-corrected chi connectivity index (χ3v) is 1.67. The largest absolute Gasteiger partial charge is 0.329 e. The maximum atomic E-state index is 2.27. The van der Waals surface area contributed by atoms with Crippen molar-refractivity contribution in [2.75, 3.05) is 0 Å². The SMILES string of the molecule is C[CH-]C(C)CC[C-](C)C. The highest BCUT2D eigenvalue weighted by molar-refractivity contribution is 4.79. The summed E-state index contributed by atoms with van der Waals surface area (Å²) in [5, 5.41) is 0. The van der Waals surface area contributed by atoms with Gasteiger partial charge in [-0.25, -0.2) is 0 Å². The molecule has 0 heterocycles. The second-order valence-corrected chi connectivity index (χ2v) is 3.06. The zero-order valence-corrected chi connectivity index (χ0v) is 7.07. The predicted octanol–water partition coefficient (Wildman–Crippen LogP) is 3.24. The van der Waals surface area contributed by atoms with E-state index in [0.717, 1.165) is 5.92 Å². The zero-order chi connectivity index (χ0) is 7.28. The van der Waals surface area contributed by atoms with Gasteiger partial charge in [0.15, 0.2) is 0 Å². The minimum absolute atomic E-state index is 0.792. The molecule has 9 heavy (non-hydrogen) atoms. The van der Waals surface area contributed by atoms with E-state index in [1.165, 1.54) is 12.8 Å². The molecule has 0 N–H and O–H groups in total. The molecule has 1 atom stereocenters. The lowest BCUT2D eigenvalue weighted by molar-refractivity contribution is 0.582. The van der Waals surface area contributed by atoms with Crippen LogP contribution in [0.2, 0.25) is 0 Å². The van der Waals surface area contributed by atoms with Gasteiger partial charge in [-0.1, -0.05) is 6.92 Å². The van der Waals surface area contributed by atoms with Crippen LogP contribution in [-0.4, -0.2) is 0 Å². The molecule has 0 aliphatic carbocycles. The van der Waals surface area contributed by atoms with E-state index in [1.54, 1.807) is 5.92 Å². The summed E-state index contributed by atoms with van der Waals surface area (Å²) in [6.07, 6.45) is 4.87. The van der Waals surface area contributed by atoms with Gasteiger partial charge in [0.2, 0.25) is 0 Å². The van der Waals surface area contributed by atoms with Crippen molar-refractivity contribution in [2.24, 2.45) is 5.92 Å². The first-order valence-corrected chi connectivity index (χ1v) is 3.75. The van der Waals surface area contributed by atoms with E-state index in [1.807, 2.05) is 0 Å². The molecule has 0 rings (SSSR count). The van der Waals surface area contributed by atoms with Crippen LogP contribution < -0.4 is 0 Å². The first kappa shape index (κ1) is 9.00. The van der Waals surface area contributed by atoms with Crippen LogP contribution in [0.3, 0.4) is 0 Å². The number of rotatable bonds is 4. The summed E-state index contributed by atoms with van der Waals surface area (Å²) in [5.74, 6) is 2.34. The highest BCUT2D eigenvalue weighted by Crippen LogP contribution is 2.14. The van der Waals surface area contributed by atoms with E-state index in [9.17, 15) is 0 Å². The fraction of sp³-hybridized carbons (Fsp3) is 0.778. The lowest BCUT2D eigenvalue weighted by Gasteiger charge is -2.23. The Labute approximate surface area is 59.7 Å². The minimum atomic E-state index is 0.792. The Kier molecular flexibility index (Phi) is 4.84. The van der Waals surface area contributed by atoms with Gasteiger partial charge in [0, 0.05) is 0 Å². The average molecular weight is 126 g/mol. The predicted molar refractivity (Wildman–Crippen MR) is 43.0 cm³/mol. The molecule has 0 aromatic carbocycles. The normalized spacial score (nSPS) is 14.3. The first-order chi connectivity index (χ1) is 4.16. The number of hydrogen-bond donors (Lipinski definition) is 0. The Morgan fingerprint density at radius 2 is 2.00 bits per heavy atom. The van der Waals surface area contributed by atoms with Crippen LogP contribution in [0.5, 0.6) is 0 Å². The van der Waals surface area contributed by atoms with Crippen molar-refractivity contribution in [3.05, 3.63) is 12.3 Å². The van der Waals surface area contributed by atoms with Crippen LogP contribution in [0.15, 0.2) is 0 Å². The van der Waals surface area contributed by atoms with Crippen molar-refractivity contribution < 1.29 is 0 Å². The highest BCUT2D eigenvalue weighted by Gasteiger charge is 1.85. The molecule has 0 saturated carbocycles. The molecule has 0 aromatic rings. The van der Waals surface area contributed by atoms with E-state index < -0.39 is 0 Å². The summed E-state index contributed by atoms with van der Waals surface area (Å²) in [6, 6.07) is 0. The highest BCUT2D eigenvalue weighted by atomic mass is 14.1. The van der Waals surface area contributed by atoms with Crippen LogP contribution in [0.1, 0.15) is 40.5 Å². The van der Waals surface area contributed by atoms with E-state index >= 15 is 0 Å². The molecule has 0 bridgehead atoms. The minimum Gasteiger partial charge on any atom is -0.329 e. The van der Waals surface area contributed by atoms with E-state index in [4.69, 9.17) is 0 Å². The third-order valence-electron chi connectivity index (χ3n) is 1.67. The van der Waals surface area contributed by atoms with Gasteiger partial charge in [-0.2, -0.15) is 33.1 Å². The van der Waals surface area contributed by atoms with Gasteiger partial charge >= 0.3 is 0 Å². The summed E-state index contributed by atoms with van der Waals surface area (Å²) in [5.41, 5.74) is 0. The standard InChI is InChI=1S/C9H18/c1-5-9(4)7-6-8(2)3/h5,9H,6-7H2,1-4H3/q-2. The first-order valence-electron chi connectivity index (χ1n) is 3.75. The molecular weight excluding hydrogens is 108 g/mol. The van der Waals surface area contributed by atoms with Crippen LogP contribution in [-0.2, 0) is 0 Å². The molecular formula is C9H18-2. The lowest BCUT2D eigenvalue weighted by Crippen LogP contribution is -1.94. The van der Waals surface area contributed by atoms with Gasteiger partial charge in [0.25, 0.3) is 0 Å². The summed E-state index contributed by atoms with van der Waals surface area (Å²) < 4.78 is 0. The average Bonchev–Trinajstić information content (AvgIpc) is 1.83. The van der Waals surface area contributed by atoms with Gasteiger partial charge in [-0.3, -0.25) is 0 Å². The fourth-order valence-corrected chi connectivity index (χ4v) is 0.683. The molecule has 0 aliphatic heterocycles. The van der Waals surface area contributed by atoms with Crippen LogP contribution in [0.25, 0.3) is 0 Å². The Hall–Kier alpha value is 0. The van der Waals surface area contributed by atoms with Crippen LogP contribution >= 0.6 is 0 Å². The maximum absolute atomic E-state index is 2.27.